The highest BCUT2D eigenvalue weighted by Gasteiger charge is 2.24. The van der Waals surface area contributed by atoms with Gasteiger partial charge in [-0.15, -0.1) is 0 Å². The third kappa shape index (κ3) is 2.42. The summed E-state index contributed by atoms with van der Waals surface area (Å²) in [7, 11) is 0. The maximum atomic E-state index is 9.30. The summed E-state index contributed by atoms with van der Waals surface area (Å²) in [5, 5.41) is 9.30. The van der Waals surface area contributed by atoms with E-state index in [1.165, 1.54) is 0 Å². The van der Waals surface area contributed by atoms with Crippen molar-refractivity contribution in [3.8, 4) is 0 Å². The molecule has 2 rings (SSSR count). The summed E-state index contributed by atoms with van der Waals surface area (Å²) in [6.07, 6.45) is 4.07. The number of pyridine rings is 1. The molecule has 0 bridgehead atoms. The number of nitrogens with zero attached hydrogens (tertiary/aromatic N) is 2. The molecular formula is C13H21N3O. The molecule has 1 unspecified atom stereocenters. The molecule has 0 saturated carbocycles. The number of nitrogen functional groups attached to an aromatic ring is 1. The number of anilines is 1. The first-order chi connectivity index (χ1) is 8.13. The zero-order chi connectivity index (χ0) is 12.4. The molecule has 1 aliphatic rings. The molecule has 4 heteroatoms. The second-order valence-electron chi connectivity index (χ2n) is 4.88. The van der Waals surface area contributed by atoms with Crippen molar-refractivity contribution in [3.05, 3.63) is 23.0 Å². The molecule has 94 valence electrons. The Morgan fingerprint density at radius 2 is 2.29 bits per heavy atom. The fourth-order valence-corrected chi connectivity index (χ4v) is 2.45. The van der Waals surface area contributed by atoms with E-state index in [0.29, 0.717) is 6.04 Å². The van der Waals surface area contributed by atoms with Gasteiger partial charge in [0.1, 0.15) is 0 Å². The normalized spacial score (nSPS) is 21.0. The number of rotatable bonds is 3. The summed E-state index contributed by atoms with van der Waals surface area (Å²) in [6.45, 7) is 6.07. The molecule has 1 aromatic rings. The Balaban J connectivity index is 2.16. The molecule has 0 spiro atoms. The molecule has 1 fully saturated rings. The highest BCUT2D eigenvalue weighted by Crippen LogP contribution is 2.23. The first kappa shape index (κ1) is 12.3. The molecule has 1 atom stereocenters. The number of aryl methyl sites for hydroxylation is 1. The minimum absolute atomic E-state index is 0.236. The van der Waals surface area contributed by atoms with Crippen LogP contribution in [0.4, 0.5) is 5.69 Å². The molecule has 2 heterocycles. The van der Waals surface area contributed by atoms with Crippen LogP contribution in [0.25, 0.3) is 0 Å². The lowest BCUT2D eigenvalue weighted by molar-refractivity contribution is 0.152. The SMILES string of the molecule is Cc1cnc(CN2CCCC2CO)c(C)c1N. The molecule has 0 aromatic carbocycles. The van der Waals surface area contributed by atoms with Gasteiger partial charge in [-0.25, -0.2) is 0 Å². The van der Waals surface area contributed by atoms with Crippen LogP contribution >= 0.6 is 0 Å². The average Bonchev–Trinajstić information content (AvgIpc) is 2.77. The van der Waals surface area contributed by atoms with E-state index >= 15 is 0 Å². The van der Waals surface area contributed by atoms with Gasteiger partial charge in [0.25, 0.3) is 0 Å². The zero-order valence-electron chi connectivity index (χ0n) is 10.6. The van der Waals surface area contributed by atoms with Crippen LogP contribution in [-0.4, -0.2) is 34.2 Å². The van der Waals surface area contributed by atoms with Gasteiger partial charge in [-0.1, -0.05) is 0 Å². The fourth-order valence-electron chi connectivity index (χ4n) is 2.45. The molecular weight excluding hydrogens is 214 g/mol. The van der Waals surface area contributed by atoms with Crippen LogP contribution in [0.5, 0.6) is 0 Å². The van der Waals surface area contributed by atoms with E-state index in [1.54, 1.807) is 0 Å². The van der Waals surface area contributed by atoms with E-state index in [9.17, 15) is 5.11 Å². The molecule has 3 N–H and O–H groups in total. The number of aromatic nitrogens is 1. The van der Waals surface area contributed by atoms with Crippen molar-refractivity contribution in [2.45, 2.75) is 39.3 Å². The largest absolute Gasteiger partial charge is 0.398 e. The van der Waals surface area contributed by atoms with Crippen LogP contribution in [0.2, 0.25) is 0 Å². The third-order valence-electron chi connectivity index (χ3n) is 3.74. The van der Waals surface area contributed by atoms with Crippen molar-refractivity contribution in [2.75, 3.05) is 18.9 Å². The lowest BCUT2D eigenvalue weighted by atomic mass is 10.1. The topological polar surface area (TPSA) is 62.4 Å². The van der Waals surface area contributed by atoms with Crippen molar-refractivity contribution in [3.63, 3.8) is 0 Å². The monoisotopic (exact) mass is 235 g/mol. The Morgan fingerprint density at radius 3 is 3.00 bits per heavy atom. The first-order valence-corrected chi connectivity index (χ1v) is 6.19. The van der Waals surface area contributed by atoms with Gasteiger partial charge in [-0.3, -0.25) is 9.88 Å². The van der Waals surface area contributed by atoms with Crippen LogP contribution in [0.3, 0.4) is 0 Å². The van der Waals surface area contributed by atoms with Crippen LogP contribution in [-0.2, 0) is 6.54 Å². The van der Waals surface area contributed by atoms with Crippen LogP contribution in [0, 0.1) is 13.8 Å². The number of hydrogen-bond acceptors (Lipinski definition) is 4. The molecule has 1 aliphatic heterocycles. The molecule has 17 heavy (non-hydrogen) atoms. The number of nitrogens with two attached hydrogens (primary N) is 1. The number of aliphatic hydroxyl groups excluding tert-OH is 1. The second-order valence-corrected chi connectivity index (χ2v) is 4.88. The summed E-state index contributed by atoms with van der Waals surface area (Å²) in [6, 6.07) is 0.290. The Kier molecular flexibility index (Phi) is 3.64. The first-order valence-electron chi connectivity index (χ1n) is 6.19. The van der Waals surface area contributed by atoms with Gasteiger partial charge < -0.3 is 10.8 Å². The lowest BCUT2D eigenvalue weighted by Gasteiger charge is -2.23. The number of hydrogen-bond donors (Lipinski definition) is 2. The van der Waals surface area contributed by atoms with Crippen molar-refractivity contribution in [2.24, 2.45) is 0 Å². The summed E-state index contributed by atoms with van der Waals surface area (Å²) < 4.78 is 0. The Morgan fingerprint density at radius 1 is 1.53 bits per heavy atom. The van der Waals surface area contributed by atoms with Crippen molar-refractivity contribution >= 4 is 5.69 Å². The van der Waals surface area contributed by atoms with E-state index in [1.807, 2.05) is 20.0 Å². The summed E-state index contributed by atoms with van der Waals surface area (Å²) in [5.74, 6) is 0. The van der Waals surface area contributed by atoms with Gasteiger partial charge in [0.2, 0.25) is 0 Å². The summed E-state index contributed by atoms with van der Waals surface area (Å²) in [4.78, 5) is 6.76. The molecule has 0 radical (unpaired) electrons. The van der Waals surface area contributed by atoms with E-state index in [-0.39, 0.29) is 6.61 Å². The van der Waals surface area contributed by atoms with E-state index in [0.717, 1.165) is 48.4 Å². The maximum absolute atomic E-state index is 9.30. The molecule has 4 nitrogen and oxygen atoms in total. The predicted molar refractivity (Wildman–Crippen MR) is 68.6 cm³/mol. The quantitative estimate of drug-likeness (QED) is 0.827. The summed E-state index contributed by atoms with van der Waals surface area (Å²) in [5.41, 5.74) is 10.0. The fraction of sp³-hybridized carbons (Fsp3) is 0.615. The predicted octanol–water partition coefficient (Wildman–Crippen LogP) is 1.24. The Hall–Kier alpha value is -1.13. The van der Waals surface area contributed by atoms with Gasteiger partial charge in [0, 0.05) is 24.5 Å². The van der Waals surface area contributed by atoms with E-state index in [4.69, 9.17) is 5.73 Å². The van der Waals surface area contributed by atoms with Crippen LogP contribution in [0.1, 0.15) is 29.7 Å². The lowest BCUT2D eigenvalue weighted by Crippen LogP contribution is -2.32. The van der Waals surface area contributed by atoms with Crippen LogP contribution < -0.4 is 5.73 Å². The highest BCUT2D eigenvalue weighted by molar-refractivity contribution is 5.53. The van der Waals surface area contributed by atoms with Gasteiger partial charge in [-0.2, -0.15) is 0 Å². The van der Waals surface area contributed by atoms with Gasteiger partial charge in [0.15, 0.2) is 0 Å². The molecule has 0 aliphatic carbocycles. The minimum atomic E-state index is 0.236. The average molecular weight is 235 g/mol. The molecule has 1 saturated heterocycles. The van der Waals surface area contributed by atoms with Gasteiger partial charge in [0.05, 0.1) is 12.3 Å². The maximum Gasteiger partial charge on any atom is 0.0593 e. The number of likely N-dealkylation sites (tertiary alicyclic amines) is 1. The standard InChI is InChI=1S/C13H21N3O/c1-9-6-15-12(10(2)13(9)14)7-16-5-3-4-11(16)8-17/h6,11,17H,3-5,7-8H2,1-2H3,(H2,14,15). The third-order valence-corrected chi connectivity index (χ3v) is 3.74. The van der Waals surface area contributed by atoms with Crippen LogP contribution in [0.15, 0.2) is 6.20 Å². The van der Waals surface area contributed by atoms with Crippen molar-refractivity contribution in [1.82, 2.24) is 9.88 Å². The van der Waals surface area contributed by atoms with E-state index < -0.39 is 0 Å². The number of aliphatic hydroxyl groups is 1. The van der Waals surface area contributed by atoms with Gasteiger partial charge in [-0.05, 0) is 44.4 Å². The smallest absolute Gasteiger partial charge is 0.0593 e. The molecule has 0 amide bonds. The van der Waals surface area contributed by atoms with Gasteiger partial charge >= 0.3 is 0 Å². The Bertz CT molecular complexity index is 406. The minimum Gasteiger partial charge on any atom is -0.398 e. The molecule has 1 aromatic heterocycles. The highest BCUT2D eigenvalue weighted by atomic mass is 16.3. The van der Waals surface area contributed by atoms with Crippen molar-refractivity contribution < 1.29 is 5.11 Å². The Labute approximate surface area is 102 Å². The second kappa shape index (κ2) is 5.02. The van der Waals surface area contributed by atoms with E-state index in [2.05, 4.69) is 9.88 Å². The van der Waals surface area contributed by atoms with Crippen molar-refractivity contribution in [1.29, 1.82) is 0 Å². The summed E-state index contributed by atoms with van der Waals surface area (Å²) >= 11 is 0. The zero-order valence-corrected chi connectivity index (χ0v) is 10.6.